The lowest BCUT2D eigenvalue weighted by Gasteiger charge is -2.16. The van der Waals surface area contributed by atoms with Crippen LogP contribution in [0.25, 0.3) is 0 Å². The Kier molecular flexibility index (Phi) is 2.89. The van der Waals surface area contributed by atoms with Crippen molar-refractivity contribution in [1.29, 1.82) is 0 Å². The van der Waals surface area contributed by atoms with E-state index in [1.165, 1.54) is 5.56 Å². The molecule has 2 rings (SSSR count). The van der Waals surface area contributed by atoms with Gasteiger partial charge in [-0.25, -0.2) is 0 Å². The maximum absolute atomic E-state index is 6.11. The Morgan fingerprint density at radius 2 is 2.50 bits per heavy atom. The lowest BCUT2D eigenvalue weighted by atomic mass is 9.93. The summed E-state index contributed by atoms with van der Waals surface area (Å²) in [7, 11) is 0. The Balaban J connectivity index is 1.87. The molecule has 0 spiro atoms. The predicted molar refractivity (Wildman–Crippen MR) is 53.9 cm³/mol. The van der Waals surface area contributed by atoms with E-state index in [0.29, 0.717) is 12.0 Å². The molecule has 14 heavy (non-hydrogen) atoms. The molecule has 1 aromatic rings. The van der Waals surface area contributed by atoms with Crippen LogP contribution in [0.2, 0.25) is 0 Å². The van der Waals surface area contributed by atoms with E-state index in [9.17, 15) is 0 Å². The summed E-state index contributed by atoms with van der Waals surface area (Å²) in [5, 5.41) is 0. The van der Waals surface area contributed by atoms with Crippen molar-refractivity contribution in [2.24, 2.45) is 11.7 Å². The number of hydrogen-bond acceptors (Lipinski definition) is 3. The fourth-order valence-electron chi connectivity index (χ4n) is 2.00. The van der Waals surface area contributed by atoms with Gasteiger partial charge in [0.05, 0.1) is 25.2 Å². The van der Waals surface area contributed by atoms with Crippen LogP contribution in [0.3, 0.4) is 0 Å². The second-order valence-corrected chi connectivity index (χ2v) is 4.14. The van der Waals surface area contributed by atoms with E-state index in [1.54, 1.807) is 12.5 Å². The molecule has 0 bridgehead atoms. The van der Waals surface area contributed by atoms with E-state index in [1.807, 2.05) is 6.07 Å². The van der Waals surface area contributed by atoms with Gasteiger partial charge >= 0.3 is 0 Å². The summed E-state index contributed by atoms with van der Waals surface area (Å²) < 4.78 is 10.5. The van der Waals surface area contributed by atoms with Gasteiger partial charge in [-0.3, -0.25) is 0 Å². The predicted octanol–water partition coefficient (Wildman–Crippen LogP) is 1.57. The first-order valence-electron chi connectivity index (χ1n) is 5.14. The first-order valence-corrected chi connectivity index (χ1v) is 5.14. The minimum atomic E-state index is 0.192. The number of hydrogen-bond donors (Lipinski definition) is 1. The molecule has 1 aromatic heterocycles. The van der Waals surface area contributed by atoms with Crippen LogP contribution in [0.4, 0.5) is 0 Å². The minimum absolute atomic E-state index is 0.192. The van der Waals surface area contributed by atoms with Crippen LogP contribution in [0.5, 0.6) is 0 Å². The van der Waals surface area contributed by atoms with Gasteiger partial charge in [0, 0.05) is 12.0 Å². The van der Waals surface area contributed by atoms with Gasteiger partial charge in [0.2, 0.25) is 0 Å². The van der Waals surface area contributed by atoms with Crippen LogP contribution >= 0.6 is 0 Å². The standard InChI is InChI=1S/C11H17NO2/c1-8-4-10(7-14-8)11(12)5-9-2-3-13-6-9/h2-3,6,8,10-11H,4-5,7,12H2,1H3. The molecule has 78 valence electrons. The smallest absolute Gasteiger partial charge is 0.0935 e. The molecule has 3 unspecified atom stereocenters. The highest BCUT2D eigenvalue weighted by Crippen LogP contribution is 2.23. The van der Waals surface area contributed by atoms with E-state index < -0.39 is 0 Å². The maximum atomic E-state index is 6.11. The summed E-state index contributed by atoms with van der Waals surface area (Å²) in [4.78, 5) is 0. The minimum Gasteiger partial charge on any atom is -0.472 e. The molecule has 1 saturated heterocycles. The normalized spacial score (nSPS) is 29.3. The summed E-state index contributed by atoms with van der Waals surface area (Å²) in [6, 6.07) is 2.16. The highest BCUT2D eigenvalue weighted by atomic mass is 16.5. The third-order valence-corrected chi connectivity index (χ3v) is 2.89. The first-order chi connectivity index (χ1) is 6.75. The Morgan fingerprint density at radius 3 is 3.07 bits per heavy atom. The number of nitrogens with two attached hydrogens (primary N) is 1. The van der Waals surface area contributed by atoms with Crippen molar-refractivity contribution in [3.8, 4) is 0 Å². The molecule has 0 saturated carbocycles. The molecule has 3 atom stereocenters. The monoisotopic (exact) mass is 195 g/mol. The van der Waals surface area contributed by atoms with Gasteiger partial charge in [-0.1, -0.05) is 0 Å². The molecule has 2 N–H and O–H groups in total. The zero-order valence-corrected chi connectivity index (χ0v) is 8.48. The Bertz CT molecular complexity index is 271. The van der Waals surface area contributed by atoms with Crippen molar-refractivity contribution in [2.45, 2.75) is 31.9 Å². The summed E-state index contributed by atoms with van der Waals surface area (Å²) in [6.07, 6.45) is 5.79. The third kappa shape index (κ3) is 2.16. The maximum Gasteiger partial charge on any atom is 0.0935 e. The van der Waals surface area contributed by atoms with E-state index in [-0.39, 0.29) is 6.04 Å². The van der Waals surface area contributed by atoms with Gasteiger partial charge < -0.3 is 14.9 Å². The van der Waals surface area contributed by atoms with Crippen molar-refractivity contribution in [2.75, 3.05) is 6.61 Å². The zero-order chi connectivity index (χ0) is 9.97. The van der Waals surface area contributed by atoms with Crippen LogP contribution < -0.4 is 5.73 Å². The molecule has 3 heteroatoms. The number of rotatable bonds is 3. The first kappa shape index (κ1) is 9.74. The fourth-order valence-corrected chi connectivity index (χ4v) is 2.00. The van der Waals surface area contributed by atoms with Crippen molar-refractivity contribution in [1.82, 2.24) is 0 Å². The van der Waals surface area contributed by atoms with Gasteiger partial charge in [-0.15, -0.1) is 0 Å². The fraction of sp³-hybridized carbons (Fsp3) is 0.636. The van der Waals surface area contributed by atoms with Gasteiger partial charge in [0.15, 0.2) is 0 Å². The summed E-state index contributed by atoms with van der Waals surface area (Å²) in [6.45, 7) is 2.91. The molecular formula is C11H17NO2. The highest BCUT2D eigenvalue weighted by Gasteiger charge is 2.27. The highest BCUT2D eigenvalue weighted by molar-refractivity contribution is 5.07. The molecule has 0 aliphatic carbocycles. The van der Waals surface area contributed by atoms with E-state index in [2.05, 4.69) is 6.92 Å². The average molecular weight is 195 g/mol. The van der Waals surface area contributed by atoms with Crippen LogP contribution in [-0.4, -0.2) is 18.8 Å². The quantitative estimate of drug-likeness (QED) is 0.796. The van der Waals surface area contributed by atoms with Crippen LogP contribution in [0, 0.1) is 5.92 Å². The van der Waals surface area contributed by atoms with Gasteiger partial charge in [-0.2, -0.15) is 0 Å². The molecule has 1 aliphatic heterocycles. The van der Waals surface area contributed by atoms with Crippen LogP contribution in [-0.2, 0) is 11.2 Å². The third-order valence-electron chi connectivity index (χ3n) is 2.89. The van der Waals surface area contributed by atoms with Crippen LogP contribution in [0.1, 0.15) is 18.9 Å². The largest absolute Gasteiger partial charge is 0.472 e. The molecule has 1 aliphatic rings. The Labute approximate surface area is 84.2 Å². The SMILES string of the molecule is CC1CC(C(N)Cc2ccoc2)CO1. The molecular weight excluding hydrogens is 178 g/mol. The Morgan fingerprint density at radius 1 is 1.64 bits per heavy atom. The van der Waals surface area contributed by atoms with Crippen molar-refractivity contribution in [3.63, 3.8) is 0 Å². The second-order valence-electron chi connectivity index (χ2n) is 4.14. The lowest BCUT2D eigenvalue weighted by molar-refractivity contribution is 0.118. The van der Waals surface area contributed by atoms with Gasteiger partial charge in [0.1, 0.15) is 0 Å². The summed E-state index contributed by atoms with van der Waals surface area (Å²) in [5.74, 6) is 0.500. The van der Waals surface area contributed by atoms with Gasteiger partial charge in [0.25, 0.3) is 0 Å². The van der Waals surface area contributed by atoms with Crippen LogP contribution in [0.15, 0.2) is 23.0 Å². The van der Waals surface area contributed by atoms with Crippen molar-refractivity contribution >= 4 is 0 Å². The van der Waals surface area contributed by atoms with Crippen molar-refractivity contribution in [3.05, 3.63) is 24.2 Å². The Hall–Kier alpha value is -0.800. The number of ether oxygens (including phenoxy) is 1. The summed E-state index contributed by atoms with van der Waals surface area (Å²) >= 11 is 0. The molecule has 2 heterocycles. The van der Waals surface area contributed by atoms with E-state index >= 15 is 0 Å². The number of furan rings is 1. The van der Waals surface area contributed by atoms with E-state index in [4.69, 9.17) is 14.9 Å². The molecule has 3 nitrogen and oxygen atoms in total. The topological polar surface area (TPSA) is 48.4 Å². The molecule has 1 fully saturated rings. The molecule has 0 amide bonds. The van der Waals surface area contributed by atoms with Crippen molar-refractivity contribution < 1.29 is 9.15 Å². The molecule has 0 aromatic carbocycles. The average Bonchev–Trinajstić information content (AvgIpc) is 2.75. The second kappa shape index (κ2) is 4.15. The summed E-state index contributed by atoms with van der Waals surface area (Å²) in [5.41, 5.74) is 7.29. The van der Waals surface area contributed by atoms with Gasteiger partial charge in [-0.05, 0) is 31.4 Å². The lowest BCUT2D eigenvalue weighted by Crippen LogP contribution is -2.32. The zero-order valence-electron chi connectivity index (χ0n) is 8.48. The van der Waals surface area contributed by atoms with E-state index in [0.717, 1.165) is 19.4 Å². The molecule has 0 radical (unpaired) electrons.